The van der Waals surface area contributed by atoms with Crippen LogP contribution in [0, 0.1) is 17.3 Å². The number of hydrogen-bond donors (Lipinski definition) is 1. The average molecular weight is 226 g/mol. The number of carboxylic acids is 1. The summed E-state index contributed by atoms with van der Waals surface area (Å²) in [5.41, 5.74) is -0.443. The Kier molecular flexibility index (Phi) is 3.53. The van der Waals surface area contributed by atoms with Gasteiger partial charge in [0.1, 0.15) is 0 Å². The van der Waals surface area contributed by atoms with E-state index in [2.05, 4.69) is 6.92 Å². The molecular weight excluding hydrogens is 204 g/mol. The third-order valence-electron chi connectivity index (χ3n) is 4.46. The summed E-state index contributed by atoms with van der Waals surface area (Å²) < 4.78 is 5.35. The predicted octanol–water partition coefficient (Wildman–Crippen LogP) is 2.69. The molecule has 0 aromatic carbocycles. The zero-order valence-corrected chi connectivity index (χ0v) is 10.1. The highest BCUT2D eigenvalue weighted by molar-refractivity contribution is 5.75. The molecule has 2 unspecified atom stereocenters. The van der Waals surface area contributed by atoms with E-state index >= 15 is 0 Å². The van der Waals surface area contributed by atoms with Gasteiger partial charge in [0, 0.05) is 13.2 Å². The van der Waals surface area contributed by atoms with Crippen LogP contribution >= 0.6 is 0 Å². The minimum Gasteiger partial charge on any atom is -0.481 e. The van der Waals surface area contributed by atoms with Crippen molar-refractivity contribution < 1.29 is 14.6 Å². The first-order chi connectivity index (χ1) is 7.65. The monoisotopic (exact) mass is 226 g/mol. The number of aliphatic carboxylic acids is 1. The Morgan fingerprint density at radius 3 is 2.56 bits per heavy atom. The summed E-state index contributed by atoms with van der Waals surface area (Å²) in [6, 6.07) is 0. The largest absolute Gasteiger partial charge is 0.481 e. The Morgan fingerprint density at radius 1 is 1.31 bits per heavy atom. The van der Waals surface area contributed by atoms with E-state index in [1.54, 1.807) is 0 Å². The molecule has 2 fully saturated rings. The van der Waals surface area contributed by atoms with E-state index in [-0.39, 0.29) is 0 Å². The molecule has 0 amide bonds. The maximum Gasteiger partial charge on any atom is 0.309 e. The van der Waals surface area contributed by atoms with Crippen LogP contribution in [0.1, 0.15) is 45.4 Å². The van der Waals surface area contributed by atoms with Gasteiger partial charge in [-0.15, -0.1) is 0 Å². The molecule has 1 heterocycles. The third-order valence-corrected chi connectivity index (χ3v) is 4.46. The van der Waals surface area contributed by atoms with Gasteiger partial charge in [-0.3, -0.25) is 4.79 Å². The Balaban J connectivity index is 2.16. The fourth-order valence-electron chi connectivity index (χ4n) is 3.58. The molecule has 0 radical (unpaired) electrons. The smallest absolute Gasteiger partial charge is 0.309 e. The molecule has 1 N–H and O–H groups in total. The van der Waals surface area contributed by atoms with Crippen molar-refractivity contribution in [3.63, 3.8) is 0 Å². The molecule has 1 aliphatic heterocycles. The van der Waals surface area contributed by atoms with Crippen LogP contribution in [0.4, 0.5) is 0 Å². The summed E-state index contributed by atoms with van der Waals surface area (Å²) >= 11 is 0. The van der Waals surface area contributed by atoms with Gasteiger partial charge in [-0.1, -0.05) is 19.8 Å². The van der Waals surface area contributed by atoms with Gasteiger partial charge < -0.3 is 9.84 Å². The van der Waals surface area contributed by atoms with Crippen LogP contribution in [-0.4, -0.2) is 24.3 Å². The van der Waals surface area contributed by atoms with E-state index in [1.807, 2.05) is 0 Å². The normalized spacial score (nSPS) is 37.2. The van der Waals surface area contributed by atoms with Crippen molar-refractivity contribution in [2.24, 2.45) is 17.3 Å². The molecular formula is C13H22O3. The number of hydrogen-bond acceptors (Lipinski definition) is 2. The highest BCUT2D eigenvalue weighted by Gasteiger charge is 2.48. The van der Waals surface area contributed by atoms with Gasteiger partial charge in [-0.05, 0) is 37.5 Å². The molecule has 0 aromatic heterocycles. The Bertz CT molecular complexity index is 258. The number of ether oxygens (including phenoxy) is 1. The van der Waals surface area contributed by atoms with E-state index in [0.29, 0.717) is 11.8 Å². The summed E-state index contributed by atoms with van der Waals surface area (Å²) in [4.78, 5) is 11.7. The summed E-state index contributed by atoms with van der Waals surface area (Å²) in [7, 11) is 0. The fourth-order valence-corrected chi connectivity index (χ4v) is 3.58. The summed E-state index contributed by atoms with van der Waals surface area (Å²) in [6.45, 7) is 3.68. The first-order valence-electron chi connectivity index (χ1n) is 6.46. The van der Waals surface area contributed by atoms with Crippen LogP contribution in [0.3, 0.4) is 0 Å². The molecule has 0 aromatic rings. The molecule has 2 aliphatic rings. The minimum atomic E-state index is -0.564. The predicted molar refractivity (Wildman–Crippen MR) is 61.2 cm³/mol. The zero-order chi connectivity index (χ0) is 11.6. The van der Waals surface area contributed by atoms with Crippen molar-refractivity contribution in [2.45, 2.75) is 45.4 Å². The number of carboxylic acid groups (broad SMARTS) is 1. The molecule has 2 atom stereocenters. The SMILES string of the molecule is CC1CCCC(C(=O)O)(C2CCOCC2)C1. The second kappa shape index (κ2) is 4.74. The van der Waals surface area contributed by atoms with Crippen LogP contribution in [0.2, 0.25) is 0 Å². The third kappa shape index (κ3) is 2.10. The lowest BCUT2D eigenvalue weighted by Gasteiger charge is -2.43. The van der Waals surface area contributed by atoms with Gasteiger partial charge in [0.25, 0.3) is 0 Å². The molecule has 3 heteroatoms. The number of rotatable bonds is 2. The maximum atomic E-state index is 11.7. The van der Waals surface area contributed by atoms with Crippen LogP contribution in [0.15, 0.2) is 0 Å². The Hall–Kier alpha value is -0.570. The van der Waals surface area contributed by atoms with Crippen molar-refractivity contribution in [1.82, 2.24) is 0 Å². The quantitative estimate of drug-likeness (QED) is 0.787. The summed E-state index contributed by atoms with van der Waals surface area (Å²) in [5.74, 6) is 0.333. The summed E-state index contributed by atoms with van der Waals surface area (Å²) in [6.07, 6.45) is 5.87. The number of carbonyl (C=O) groups is 1. The molecule has 1 saturated carbocycles. The molecule has 1 saturated heterocycles. The molecule has 16 heavy (non-hydrogen) atoms. The van der Waals surface area contributed by atoms with E-state index in [4.69, 9.17) is 4.74 Å². The molecule has 92 valence electrons. The van der Waals surface area contributed by atoms with Gasteiger partial charge in [-0.25, -0.2) is 0 Å². The van der Waals surface area contributed by atoms with Crippen LogP contribution in [0.5, 0.6) is 0 Å². The van der Waals surface area contributed by atoms with Gasteiger partial charge in [0.05, 0.1) is 5.41 Å². The van der Waals surface area contributed by atoms with E-state index < -0.39 is 11.4 Å². The highest BCUT2D eigenvalue weighted by Crippen LogP contribution is 2.48. The van der Waals surface area contributed by atoms with Crippen LogP contribution in [-0.2, 0) is 9.53 Å². The van der Waals surface area contributed by atoms with E-state index in [1.165, 1.54) is 6.42 Å². The van der Waals surface area contributed by atoms with E-state index in [9.17, 15) is 9.90 Å². The van der Waals surface area contributed by atoms with Gasteiger partial charge in [-0.2, -0.15) is 0 Å². The topological polar surface area (TPSA) is 46.5 Å². The van der Waals surface area contributed by atoms with Crippen molar-refractivity contribution in [3.05, 3.63) is 0 Å². The van der Waals surface area contributed by atoms with Crippen molar-refractivity contribution in [2.75, 3.05) is 13.2 Å². The van der Waals surface area contributed by atoms with Gasteiger partial charge in [0.15, 0.2) is 0 Å². The minimum absolute atomic E-state index is 0.335. The summed E-state index contributed by atoms with van der Waals surface area (Å²) in [5, 5.41) is 9.62. The maximum absolute atomic E-state index is 11.7. The average Bonchev–Trinajstić information content (AvgIpc) is 2.30. The van der Waals surface area contributed by atoms with Crippen LogP contribution in [0.25, 0.3) is 0 Å². The Labute approximate surface area is 97.2 Å². The fraction of sp³-hybridized carbons (Fsp3) is 0.923. The van der Waals surface area contributed by atoms with Crippen molar-refractivity contribution in [1.29, 1.82) is 0 Å². The lowest BCUT2D eigenvalue weighted by atomic mass is 9.61. The van der Waals surface area contributed by atoms with Crippen molar-refractivity contribution in [3.8, 4) is 0 Å². The van der Waals surface area contributed by atoms with Gasteiger partial charge >= 0.3 is 5.97 Å². The van der Waals surface area contributed by atoms with E-state index in [0.717, 1.165) is 45.3 Å². The first kappa shape index (κ1) is 11.9. The van der Waals surface area contributed by atoms with Crippen molar-refractivity contribution >= 4 is 5.97 Å². The lowest BCUT2D eigenvalue weighted by molar-refractivity contribution is -0.159. The second-order valence-corrected chi connectivity index (χ2v) is 5.55. The highest BCUT2D eigenvalue weighted by atomic mass is 16.5. The molecule has 0 bridgehead atoms. The Morgan fingerprint density at radius 2 is 2.00 bits per heavy atom. The lowest BCUT2D eigenvalue weighted by Crippen LogP contribution is -2.44. The van der Waals surface area contributed by atoms with Gasteiger partial charge in [0.2, 0.25) is 0 Å². The molecule has 3 nitrogen and oxygen atoms in total. The molecule has 1 aliphatic carbocycles. The first-order valence-corrected chi connectivity index (χ1v) is 6.46. The standard InChI is InChI=1S/C13H22O3/c1-10-3-2-6-13(9-10,12(14)15)11-4-7-16-8-5-11/h10-11H,2-9H2,1H3,(H,14,15). The second-order valence-electron chi connectivity index (χ2n) is 5.55. The molecule has 0 spiro atoms. The van der Waals surface area contributed by atoms with Crippen LogP contribution < -0.4 is 0 Å². The zero-order valence-electron chi connectivity index (χ0n) is 10.1. The molecule has 2 rings (SSSR count).